The third kappa shape index (κ3) is 3.35. The van der Waals surface area contributed by atoms with Crippen molar-refractivity contribution in [2.24, 2.45) is 11.7 Å². The Kier molecular flexibility index (Phi) is 4.70. The Balaban J connectivity index is 1.67. The van der Waals surface area contributed by atoms with Crippen LogP contribution in [-0.4, -0.2) is 47.6 Å². The first-order valence-corrected chi connectivity index (χ1v) is 8.32. The Hall–Kier alpha value is -1.20. The van der Waals surface area contributed by atoms with Gasteiger partial charge in [0.1, 0.15) is 0 Å². The molecular weight excluding hydrogens is 262 g/mol. The minimum atomic E-state index is 0.682. The van der Waals surface area contributed by atoms with Gasteiger partial charge in [0, 0.05) is 44.4 Å². The van der Waals surface area contributed by atoms with Crippen LogP contribution in [0, 0.1) is 5.92 Å². The van der Waals surface area contributed by atoms with Crippen LogP contribution < -0.4 is 10.6 Å². The minimum Gasteiger partial charge on any atom is -0.341 e. The van der Waals surface area contributed by atoms with E-state index >= 15 is 0 Å². The Morgan fingerprint density at radius 2 is 2.10 bits per heavy atom. The molecule has 0 radical (unpaired) electrons. The molecule has 0 aromatic carbocycles. The highest BCUT2D eigenvalue weighted by atomic mass is 15.3. The van der Waals surface area contributed by atoms with E-state index < -0.39 is 0 Å². The number of aromatic nitrogens is 2. The molecule has 0 amide bonds. The van der Waals surface area contributed by atoms with Gasteiger partial charge in [-0.05, 0) is 38.3 Å². The smallest absolute Gasteiger partial charge is 0.225 e. The molecule has 1 saturated heterocycles. The van der Waals surface area contributed by atoms with Crippen LogP contribution in [0.2, 0.25) is 0 Å². The number of fused-ring (bicyclic) bond motifs is 1. The Morgan fingerprint density at radius 3 is 2.81 bits per heavy atom. The molecule has 0 spiro atoms. The van der Waals surface area contributed by atoms with Gasteiger partial charge < -0.3 is 10.6 Å². The zero-order valence-electron chi connectivity index (χ0n) is 13.1. The van der Waals surface area contributed by atoms with Crippen molar-refractivity contribution in [1.29, 1.82) is 0 Å². The highest BCUT2D eigenvalue weighted by molar-refractivity contribution is 5.34. The first-order valence-electron chi connectivity index (χ1n) is 8.32. The van der Waals surface area contributed by atoms with Gasteiger partial charge >= 0.3 is 0 Å². The second-order valence-electron chi connectivity index (χ2n) is 6.33. The summed E-state index contributed by atoms with van der Waals surface area (Å²) in [6, 6.07) is 0. The largest absolute Gasteiger partial charge is 0.341 e. The number of anilines is 1. The van der Waals surface area contributed by atoms with E-state index in [1.165, 1.54) is 37.1 Å². The molecule has 5 nitrogen and oxygen atoms in total. The van der Waals surface area contributed by atoms with E-state index in [4.69, 9.17) is 10.7 Å². The van der Waals surface area contributed by atoms with Crippen LogP contribution in [0.1, 0.15) is 37.4 Å². The van der Waals surface area contributed by atoms with E-state index in [1.54, 1.807) is 0 Å². The topological polar surface area (TPSA) is 58.3 Å². The molecule has 1 aromatic heterocycles. The van der Waals surface area contributed by atoms with E-state index in [9.17, 15) is 0 Å². The normalized spacial score (nSPS) is 20.6. The molecule has 116 valence electrons. The summed E-state index contributed by atoms with van der Waals surface area (Å²) >= 11 is 0. The summed E-state index contributed by atoms with van der Waals surface area (Å²) in [5.74, 6) is 1.61. The molecule has 3 heterocycles. The maximum Gasteiger partial charge on any atom is 0.225 e. The zero-order chi connectivity index (χ0) is 14.7. The number of hydrogen-bond acceptors (Lipinski definition) is 5. The first kappa shape index (κ1) is 14.7. The molecule has 0 aliphatic carbocycles. The van der Waals surface area contributed by atoms with Crippen LogP contribution in [0.25, 0.3) is 0 Å². The number of nitrogens with zero attached hydrogens (tertiary/aromatic N) is 4. The standard InChI is InChI=1S/C16H27N5/c1-2-6-20-7-5-15-14(12-20)11-18-16(19-15)21-8-3-13(10-17)4-9-21/h11,13H,2-10,12,17H2,1H3. The fraction of sp³-hybridized carbons (Fsp3) is 0.750. The van der Waals surface area contributed by atoms with Gasteiger partial charge in [0.05, 0.1) is 5.69 Å². The molecule has 2 aliphatic heterocycles. The van der Waals surface area contributed by atoms with Crippen molar-refractivity contribution >= 4 is 5.95 Å². The lowest BCUT2D eigenvalue weighted by Crippen LogP contribution is -2.38. The van der Waals surface area contributed by atoms with Crippen LogP contribution in [0.4, 0.5) is 5.95 Å². The average Bonchev–Trinajstić information content (AvgIpc) is 2.55. The monoisotopic (exact) mass is 289 g/mol. The zero-order valence-corrected chi connectivity index (χ0v) is 13.1. The Bertz CT molecular complexity index is 468. The lowest BCUT2D eigenvalue weighted by atomic mass is 9.97. The maximum atomic E-state index is 5.76. The Morgan fingerprint density at radius 1 is 1.29 bits per heavy atom. The van der Waals surface area contributed by atoms with E-state index in [0.29, 0.717) is 5.92 Å². The summed E-state index contributed by atoms with van der Waals surface area (Å²) in [6.45, 7) is 8.45. The van der Waals surface area contributed by atoms with Crippen LogP contribution in [0.3, 0.4) is 0 Å². The van der Waals surface area contributed by atoms with E-state index in [-0.39, 0.29) is 0 Å². The van der Waals surface area contributed by atoms with Gasteiger partial charge in [-0.15, -0.1) is 0 Å². The molecule has 0 saturated carbocycles. The lowest BCUT2D eigenvalue weighted by molar-refractivity contribution is 0.252. The quantitative estimate of drug-likeness (QED) is 0.908. The summed E-state index contributed by atoms with van der Waals surface area (Å²) < 4.78 is 0. The third-order valence-corrected chi connectivity index (χ3v) is 4.77. The molecule has 2 aliphatic rings. The third-order valence-electron chi connectivity index (χ3n) is 4.77. The van der Waals surface area contributed by atoms with Crippen molar-refractivity contribution in [2.45, 2.75) is 39.2 Å². The Labute approximate surface area is 127 Å². The van der Waals surface area contributed by atoms with E-state index in [1.807, 2.05) is 0 Å². The van der Waals surface area contributed by atoms with Crippen molar-refractivity contribution < 1.29 is 0 Å². The predicted molar refractivity (Wildman–Crippen MR) is 85.3 cm³/mol. The number of nitrogens with two attached hydrogens (primary N) is 1. The van der Waals surface area contributed by atoms with E-state index in [0.717, 1.165) is 45.1 Å². The highest BCUT2D eigenvalue weighted by Gasteiger charge is 2.22. The predicted octanol–water partition coefficient (Wildman–Crippen LogP) is 1.42. The summed E-state index contributed by atoms with van der Waals surface area (Å²) in [7, 11) is 0. The highest BCUT2D eigenvalue weighted by Crippen LogP contribution is 2.23. The van der Waals surface area contributed by atoms with Crippen molar-refractivity contribution in [3.05, 3.63) is 17.5 Å². The second-order valence-corrected chi connectivity index (χ2v) is 6.33. The summed E-state index contributed by atoms with van der Waals surface area (Å²) in [4.78, 5) is 14.3. The second kappa shape index (κ2) is 6.71. The van der Waals surface area contributed by atoms with Gasteiger partial charge in [0.15, 0.2) is 0 Å². The summed E-state index contributed by atoms with van der Waals surface area (Å²) in [6.07, 6.45) is 6.66. The van der Waals surface area contributed by atoms with Crippen molar-refractivity contribution in [1.82, 2.24) is 14.9 Å². The SMILES string of the molecule is CCCN1CCc2nc(N3CCC(CN)CC3)ncc2C1. The van der Waals surface area contributed by atoms with Crippen molar-refractivity contribution in [3.63, 3.8) is 0 Å². The molecule has 21 heavy (non-hydrogen) atoms. The average molecular weight is 289 g/mol. The van der Waals surface area contributed by atoms with Crippen LogP contribution in [0.5, 0.6) is 0 Å². The fourth-order valence-corrected chi connectivity index (χ4v) is 3.39. The molecule has 0 unspecified atom stereocenters. The van der Waals surface area contributed by atoms with Gasteiger partial charge in [-0.3, -0.25) is 4.90 Å². The molecule has 5 heteroatoms. The fourth-order valence-electron chi connectivity index (χ4n) is 3.39. The van der Waals surface area contributed by atoms with Gasteiger partial charge in [-0.2, -0.15) is 0 Å². The van der Waals surface area contributed by atoms with Crippen LogP contribution in [0.15, 0.2) is 6.20 Å². The molecule has 1 aromatic rings. The molecule has 2 N–H and O–H groups in total. The summed E-state index contributed by atoms with van der Waals surface area (Å²) in [5.41, 5.74) is 8.33. The maximum absolute atomic E-state index is 5.76. The van der Waals surface area contributed by atoms with E-state index in [2.05, 4.69) is 27.9 Å². The van der Waals surface area contributed by atoms with Gasteiger partial charge in [0.2, 0.25) is 5.95 Å². The minimum absolute atomic E-state index is 0.682. The molecule has 1 fully saturated rings. The number of piperidine rings is 1. The number of hydrogen-bond donors (Lipinski definition) is 1. The molecule has 0 bridgehead atoms. The van der Waals surface area contributed by atoms with Gasteiger partial charge in [-0.1, -0.05) is 6.92 Å². The summed E-state index contributed by atoms with van der Waals surface area (Å²) in [5, 5.41) is 0. The van der Waals surface area contributed by atoms with Gasteiger partial charge in [0.25, 0.3) is 0 Å². The van der Waals surface area contributed by atoms with Crippen LogP contribution >= 0.6 is 0 Å². The van der Waals surface area contributed by atoms with Crippen molar-refractivity contribution in [3.8, 4) is 0 Å². The van der Waals surface area contributed by atoms with Crippen LogP contribution in [-0.2, 0) is 13.0 Å². The van der Waals surface area contributed by atoms with Crippen molar-refractivity contribution in [2.75, 3.05) is 37.6 Å². The molecule has 0 atom stereocenters. The van der Waals surface area contributed by atoms with Gasteiger partial charge in [-0.25, -0.2) is 9.97 Å². The molecular formula is C16H27N5. The first-order chi connectivity index (χ1) is 10.3. The number of rotatable bonds is 4. The lowest BCUT2D eigenvalue weighted by Gasteiger charge is -2.33. The molecule has 3 rings (SSSR count).